The molecule has 1 aliphatic heterocycles. The van der Waals surface area contributed by atoms with E-state index in [0.717, 1.165) is 0 Å². The first kappa shape index (κ1) is 18.8. The van der Waals surface area contributed by atoms with Gasteiger partial charge in [-0.1, -0.05) is 0 Å². The molecule has 0 spiro atoms. The van der Waals surface area contributed by atoms with Crippen molar-refractivity contribution in [3.8, 4) is 0 Å². The van der Waals surface area contributed by atoms with Crippen LogP contribution in [0.5, 0.6) is 0 Å². The lowest BCUT2D eigenvalue weighted by Gasteiger charge is -2.31. The summed E-state index contributed by atoms with van der Waals surface area (Å²) < 4.78 is 4.77. The molecule has 0 saturated carbocycles. The predicted octanol–water partition coefficient (Wildman–Crippen LogP) is 1.49. The summed E-state index contributed by atoms with van der Waals surface area (Å²) >= 11 is 0. The minimum Gasteiger partial charge on any atom is -0.469 e. The molecule has 1 fully saturated rings. The largest absolute Gasteiger partial charge is 0.469 e. The van der Waals surface area contributed by atoms with Crippen LogP contribution in [0.25, 0.3) is 0 Å². The number of esters is 1. The van der Waals surface area contributed by atoms with Gasteiger partial charge in [-0.3, -0.25) is 20.3 Å². The number of carbonyl (C=O) groups excluding carboxylic acids is 1. The van der Waals surface area contributed by atoms with Gasteiger partial charge in [-0.2, -0.15) is 0 Å². The molecule has 25 heavy (non-hydrogen) atoms. The Bertz CT molecular complexity index is 637. The number of piperidine rings is 1. The van der Waals surface area contributed by atoms with Gasteiger partial charge in [0.1, 0.15) is 6.33 Å². The van der Waals surface area contributed by atoms with Crippen LogP contribution in [-0.2, 0) is 9.53 Å². The second kappa shape index (κ2) is 7.60. The molecule has 1 aliphatic rings. The Balaban J connectivity index is 2.21. The van der Waals surface area contributed by atoms with Crippen LogP contribution in [0.2, 0.25) is 0 Å². The van der Waals surface area contributed by atoms with E-state index in [4.69, 9.17) is 4.74 Å². The number of nitrogens with zero attached hydrogens (tertiary/aromatic N) is 4. The van der Waals surface area contributed by atoms with Crippen molar-refractivity contribution in [1.29, 1.82) is 0 Å². The van der Waals surface area contributed by atoms with Gasteiger partial charge in [0.2, 0.25) is 11.6 Å². The van der Waals surface area contributed by atoms with E-state index < -0.39 is 4.92 Å². The van der Waals surface area contributed by atoms with Crippen molar-refractivity contribution in [2.75, 3.05) is 30.5 Å². The zero-order chi connectivity index (χ0) is 18.6. The lowest BCUT2D eigenvalue weighted by molar-refractivity contribution is -0.383. The summed E-state index contributed by atoms with van der Waals surface area (Å²) in [4.78, 5) is 32.6. The fraction of sp³-hybridized carbons (Fsp3) is 0.667. The van der Waals surface area contributed by atoms with Crippen molar-refractivity contribution in [3.63, 3.8) is 0 Å². The summed E-state index contributed by atoms with van der Waals surface area (Å²) in [7, 11) is 1.37. The smallest absolute Gasteiger partial charge is 0.354 e. The zero-order valence-corrected chi connectivity index (χ0v) is 14.9. The van der Waals surface area contributed by atoms with Gasteiger partial charge >= 0.3 is 11.7 Å². The maximum atomic E-state index is 11.6. The molecule has 0 unspecified atom stereocenters. The Morgan fingerprint density at radius 3 is 2.52 bits per heavy atom. The maximum Gasteiger partial charge on any atom is 0.354 e. The first-order valence-corrected chi connectivity index (χ1v) is 8.08. The maximum absolute atomic E-state index is 11.6. The summed E-state index contributed by atoms with van der Waals surface area (Å²) in [6, 6.07) is 0. The Morgan fingerprint density at radius 2 is 2.00 bits per heavy atom. The molecule has 0 aliphatic carbocycles. The first-order valence-electron chi connectivity index (χ1n) is 8.08. The lowest BCUT2D eigenvalue weighted by Crippen LogP contribution is -2.41. The van der Waals surface area contributed by atoms with Crippen LogP contribution < -0.4 is 15.8 Å². The Kier molecular flexibility index (Phi) is 5.73. The first-order chi connectivity index (χ1) is 11.7. The van der Waals surface area contributed by atoms with Crippen molar-refractivity contribution in [2.45, 2.75) is 39.2 Å². The van der Waals surface area contributed by atoms with Crippen molar-refractivity contribution >= 4 is 23.3 Å². The van der Waals surface area contributed by atoms with Crippen LogP contribution in [0.15, 0.2) is 6.33 Å². The van der Waals surface area contributed by atoms with Crippen LogP contribution in [0.3, 0.4) is 0 Å². The molecule has 1 aromatic heterocycles. The number of rotatable bonds is 5. The number of aromatic nitrogens is 2. The average molecular weight is 352 g/mol. The minimum atomic E-state index is -0.492. The number of methoxy groups -OCH3 is 1. The third-order valence-corrected chi connectivity index (χ3v) is 3.87. The molecule has 1 saturated heterocycles. The van der Waals surface area contributed by atoms with Gasteiger partial charge in [0.25, 0.3) is 0 Å². The third kappa shape index (κ3) is 4.75. The molecule has 10 heteroatoms. The summed E-state index contributed by atoms with van der Waals surface area (Å²) in [5.41, 5.74) is 5.30. The molecule has 0 amide bonds. The predicted molar refractivity (Wildman–Crippen MR) is 92.2 cm³/mol. The van der Waals surface area contributed by atoms with E-state index in [0.29, 0.717) is 25.9 Å². The SMILES string of the molecule is COC(=O)C1CCN(c2ncnc(NNC(C)(C)C)c2[N+](=O)[O-])CC1. The van der Waals surface area contributed by atoms with E-state index in [1.54, 1.807) is 0 Å². The van der Waals surface area contributed by atoms with Gasteiger partial charge in [0, 0.05) is 18.6 Å². The molecule has 0 aromatic carbocycles. The van der Waals surface area contributed by atoms with E-state index in [9.17, 15) is 14.9 Å². The number of carbonyl (C=O) groups is 1. The molecule has 0 radical (unpaired) electrons. The van der Waals surface area contributed by atoms with E-state index >= 15 is 0 Å². The average Bonchev–Trinajstić information content (AvgIpc) is 2.58. The lowest BCUT2D eigenvalue weighted by atomic mass is 9.97. The highest BCUT2D eigenvalue weighted by atomic mass is 16.6. The second-order valence-electron chi connectivity index (χ2n) is 6.94. The van der Waals surface area contributed by atoms with E-state index in [2.05, 4.69) is 20.8 Å². The van der Waals surface area contributed by atoms with Crippen molar-refractivity contribution < 1.29 is 14.5 Å². The number of nitrogens with one attached hydrogen (secondary N) is 2. The summed E-state index contributed by atoms with van der Waals surface area (Å²) in [6.07, 6.45) is 2.43. The molecule has 138 valence electrons. The number of hydrogen-bond acceptors (Lipinski definition) is 9. The van der Waals surface area contributed by atoms with Crippen LogP contribution in [0.1, 0.15) is 33.6 Å². The Hall–Kier alpha value is -2.49. The zero-order valence-electron chi connectivity index (χ0n) is 14.9. The Labute approximate surface area is 146 Å². The fourth-order valence-corrected chi connectivity index (χ4v) is 2.60. The Morgan fingerprint density at radius 1 is 1.36 bits per heavy atom. The third-order valence-electron chi connectivity index (χ3n) is 3.87. The highest BCUT2D eigenvalue weighted by molar-refractivity contribution is 5.73. The molecule has 2 N–H and O–H groups in total. The molecule has 0 atom stereocenters. The van der Waals surface area contributed by atoms with Gasteiger partial charge in [-0.15, -0.1) is 0 Å². The van der Waals surface area contributed by atoms with Crippen molar-refractivity contribution in [1.82, 2.24) is 15.4 Å². The van der Waals surface area contributed by atoms with Gasteiger partial charge < -0.3 is 9.64 Å². The summed E-state index contributed by atoms with van der Waals surface area (Å²) in [5.74, 6) is -0.0580. The normalized spacial score (nSPS) is 15.8. The molecule has 2 rings (SSSR count). The van der Waals surface area contributed by atoms with Crippen LogP contribution in [0, 0.1) is 16.0 Å². The molecule has 0 bridgehead atoms. The summed E-state index contributed by atoms with van der Waals surface area (Å²) in [6.45, 7) is 6.75. The quantitative estimate of drug-likeness (QED) is 0.461. The monoisotopic (exact) mass is 352 g/mol. The van der Waals surface area contributed by atoms with Gasteiger partial charge in [-0.25, -0.2) is 15.4 Å². The molecule has 1 aromatic rings. The van der Waals surface area contributed by atoms with Gasteiger partial charge in [0.05, 0.1) is 18.0 Å². The van der Waals surface area contributed by atoms with E-state index in [1.807, 2.05) is 25.7 Å². The number of anilines is 2. The van der Waals surface area contributed by atoms with Gasteiger partial charge in [0.15, 0.2) is 0 Å². The number of nitro groups is 1. The highest BCUT2D eigenvalue weighted by Crippen LogP contribution is 2.34. The summed E-state index contributed by atoms with van der Waals surface area (Å²) in [5, 5.41) is 11.6. The van der Waals surface area contributed by atoms with E-state index in [-0.39, 0.29) is 34.7 Å². The fourth-order valence-electron chi connectivity index (χ4n) is 2.60. The molecular weight excluding hydrogens is 328 g/mol. The van der Waals surface area contributed by atoms with Gasteiger partial charge in [-0.05, 0) is 33.6 Å². The van der Waals surface area contributed by atoms with Crippen molar-refractivity contribution in [3.05, 3.63) is 16.4 Å². The molecule has 10 nitrogen and oxygen atoms in total. The molecule has 2 heterocycles. The number of hydrogen-bond donors (Lipinski definition) is 2. The standard InChI is InChI=1S/C15H24N6O4/c1-15(2,3)19-18-12-11(21(23)24)13(17-9-16-12)20-7-5-10(6-8-20)14(22)25-4/h9-10,19H,5-8H2,1-4H3,(H,16,17,18). The van der Waals surface area contributed by atoms with Crippen molar-refractivity contribution in [2.24, 2.45) is 5.92 Å². The number of hydrazine groups is 1. The van der Waals surface area contributed by atoms with E-state index in [1.165, 1.54) is 13.4 Å². The topological polar surface area (TPSA) is 123 Å². The highest BCUT2D eigenvalue weighted by Gasteiger charge is 2.32. The second-order valence-corrected chi connectivity index (χ2v) is 6.94. The molecular formula is C15H24N6O4. The number of ether oxygens (including phenoxy) is 1. The van der Waals surface area contributed by atoms with Crippen LogP contribution >= 0.6 is 0 Å². The van der Waals surface area contributed by atoms with Crippen LogP contribution in [0.4, 0.5) is 17.3 Å². The minimum absolute atomic E-state index is 0.111. The van der Waals surface area contributed by atoms with Crippen LogP contribution in [-0.4, -0.2) is 46.6 Å².